The summed E-state index contributed by atoms with van der Waals surface area (Å²) in [6.45, 7) is 8.66. The van der Waals surface area contributed by atoms with E-state index in [9.17, 15) is 0 Å². The maximum Gasteiger partial charge on any atom is 0.165 e. The normalized spacial score (nSPS) is 22.8. The second-order valence-electron chi connectivity index (χ2n) is 7.07. The predicted octanol–water partition coefficient (Wildman–Crippen LogP) is 0.171. The highest BCUT2D eigenvalue weighted by atomic mass is 16.5. The van der Waals surface area contributed by atoms with Crippen LogP contribution in [-0.2, 0) is 23.9 Å². The van der Waals surface area contributed by atoms with Crippen LogP contribution in [-0.4, -0.2) is 66.4 Å². The van der Waals surface area contributed by atoms with Crippen molar-refractivity contribution in [3.05, 3.63) is 17.7 Å². The lowest BCUT2D eigenvalue weighted by atomic mass is 10.0. The molecule has 0 unspecified atom stereocenters. The van der Waals surface area contributed by atoms with E-state index < -0.39 is 0 Å². The summed E-state index contributed by atoms with van der Waals surface area (Å²) in [5.74, 6) is 1.08. The molecule has 3 rings (SSSR count). The van der Waals surface area contributed by atoms with Gasteiger partial charge in [-0.05, 0) is 31.2 Å². The summed E-state index contributed by atoms with van der Waals surface area (Å²) in [6, 6.07) is 0. The van der Waals surface area contributed by atoms with Crippen LogP contribution in [0.15, 0.2) is 6.20 Å². The molecule has 2 aromatic heterocycles. The summed E-state index contributed by atoms with van der Waals surface area (Å²) in [4.78, 5) is 2.31. The monoisotopic (exact) mass is 320 g/mol. The van der Waals surface area contributed by atoms with Crippen LogP contribution >= 0.6 is 0 Å². The molecule has 3 heterocycles. The summed E-state index contributed by atoms with van der Waals surface area (Å²) in [6.07, 6.45) is 2.06. The number of hydrogen-bond acceptors (Lipinski definition) is 7. The second kappa shape index (κ2) is 5.97. The molecule has 126 valence electrons. The van der Waals surface area contributed by atoms with Gasteiger partial charge in [-0.3, -0.25) is 9.58 Å². The van der Waals surface area contributed by atoms with Crippen molar-refractivity contribution in [1.82, 2.24) is 40.1 Å². The van der Waals surface area contributed by atoms with Crippen molar-refractivity contribution in [1.29, 1.82) is 0 Å². The minimum atomic E-state index is -0.135. The summed E-state index contributed by atoms with van der Waals surface area (Å²) < 4.78 is 9.26. The molecule has 0 spiro atoms. The average Bonchev–Trinajstić information content (AvgIpc) is 3.17. The molecular formula is C14H24N8O. The van der Waals surface area contributed by atoms with Crippen molar-refractivity contribution in [2.24, 2.45) is 7.05 Å². The minimum Gasteiger partial charge on any atom is -0.379 e. The Bertz CT molecular complexity index is 658. The number of hydrogen-bond donors (Lipinski definition) is 0. The van der Waals surface area contributed by atoms with Crippen LogP contribution in [0.3, 0.4) is 0 Å². The number of likely N-dealkylation sites (tertiary alicyclic amines) is 1. The highest BCUT2D eigenvalue weighted by molar-refractivity contribution is 5.10. The largest absolute Gasteiger partial charge is 0.379 e. The van der Waals surface area contributed by atoms with E-state index in [4.69, 9.17) is 4.74 Å². The second-order valence-corrected chi connectivity index (χ2v) is 7.07. The van der Waals surface area contributed by atoms with Gasteiger partial charge in [0.25, 0.3) is 0 Å². The Morgan fingerprint density at radius 2 is 2.00 bits per heavy atom. The van der Waals surface area contributed by atoms with Crippen molar-refractivity contribution in [3.63, 3.8) is 0 Å². The van der Waals surface area contributed by atoms with Gasteiger partial charge < -0.3 is 4.74 Å². The number of aromatic nitrogens is 7. The molecule has 0 bridgehead atoms. The van der Waals surface area contributed by atoms with E-state index in [-0.39, 0.29) is 17.6 Å². The molecule has 2 aromatic rings. The predicted molar refractivity (Wildman–Crippen MR) is 82.6 cm³/mol. The van der Waals surface area contributed by atoms with E-state index in [1.165, 1.54) is 0 Å². The van der Waals surface area contributed by atoms with Gasteiger partial charge in [-0.15, -0.1) is 10.2 Å². The minimum absolute atomic E-state index is 0.102. The molecule has 0 aliphatic carbocycles. The molecule has 9 nitrogen and oxygen atoms in total. The SMILES string of the molecule is CO[C@@H]1CN(Cc2nnnn2C(C)(C)C)C[C@H]1c1cn(C)nn1. The molecule has 2 atom stereocenters. The topological polar surface area (TPSA) is 86.8 Å². The van der Waals surface area contributed by atoms with Crippen LogP contribution in [0.5, 0.6) is 0 Å². The summed E-state index contributed by atoms with van der Waals surface area (Å²) >= 11 is 0. The lowest BCUT2D eigenvalue weighted by Crippen LogP contribution is -2.30. The Labute approximate surface area is 135 Å². The van der Waals surface area contributed by atoms with Crippen LogP contribution in [0.2, 0.25) is 0 Å². The Balaban J connectivity index is 1.75. The number of rotatable bonds is 4. The fraction of sp³-hybridized carbons (Fsp3) is 0.786. The van der Waals surface area contributed by atoms with Crippen molar-refractivity contribution in [2.45, 2.75) is 44.9 Å². The van der Waals surface area contributed by atoms with Gasteiger partial charge in [-0.25, -0.2) is 4.68 Å². The number of nitrogens with zero attached hydrogens (tertiary/aromatic N) is 8. The number of ether oxygens (including phenoxy) is 1. The van der Waals surface area contributed by atoms with Gasteiger partial charge in [0.15, 0.2) is 5.82 Å². The quantitative estimate of drug-likeness (QED) is 0.793. The molecule has 23 heavy (non-hydrogen) atoms. The van der Waals surface area contributed by atoms with E-state index in [2.05, 4.69) is 51.5 Å². The van der Waals surface area contributed by atoms with Crippen molar-refractivity contribution in [3.8, 4) is 0 Å². The molecule has 0 amide bonds. The van der Waals surface area contributed by atoms with Gasteiger partial charge in [-0.1, -0.05) is 5.21 Å². The number of methoxy groups -OCH3 is 1. The molecule has 1 saturated heterocycles. The van der Waals surface area contributed by atoms with E-state index >= 15 is 0 Å². The highest BCUT2D eigenvalue weighted by Gasteiger charge is 2.36. The van der Waals surface area contributed by atoms with Gasteiger partial charge in [-0.2, -0.15) is 0 Å². The zero-order valence-corrected chi connectivity index (χ0v) is 14.3. The summed E-state index contributed by atoms with van der Waals surface area (Å²) in [5.41, 5.74) is 0.834. The van der Waals surface area contributed by atoms with Gasteiger partial charge >= 0.3 is 0 Å². The maximum atomic E-state index is 5.66. The van der Waals surface area contributed by atoms with E-state index in [0.717, 1.165) is 24.6 Å². The fourth-order valence-corrected chi connectivity index (χ4v) is 3.06. The van der Waals surface area contributed by atoms with Crippen molar-refractivity contribution in [2.75, 3.05) is 20.2 Å². The first-order valence-electron chi connectivity index (χ1n) is 7.77. The standard InChI is InChI=1S/C14H24N8O/c1-14(2,3)22-13(16-17-19-22)9-21-6-10(12(8-21)23-5)11-7-20(4)18-15-11/h7,10,12H,6,8-9H2,1-5H3/t10-,12+/m0/s1. The van der Waals surface area contributed by atoms with Gasteiger partial charge in [0.05, 0.1) is 23.9 Å². The van der Waals surface area contributed by atoms with E-state index in [0.29, 0.717) is 6.54 Å². The first-order chi connectivity index (χ1) is 10.9. The number of aryl methyl sites for hydroxylation is 1. The number of tetrazole rings is 1. The molecular weight excluding hydrogens is 296 g/mol. The van der Waals surface area contributed by atoms with Gasteiger partial charge in [0, 0.05) is 39.4 Å². The van der Waals surface area contributed by atoms with Crippen molar-refractivity contribution < 1.29 is 4.74 Å². The third kappa shape index (κ3) is 3.25. The lowest BCUT2D eigenvalue weighted by molar-refractivity contribution is 0.0951. The first-order valence-corrected chi connectivity index (χ1v) is 7.77. The molecule has 0 radical (unpaired) electrons. The van der Waals surface area contributed by atoms with Crippen LogP contribution in [0.25, 0.3) is 0 Å². The molecule has 1 fully saturated rings. The maximum absolute atomic E-state index is 5.66. The van der Waals surface area contributed by atoms with Crippen molar-refractivity contribution >= 4 is 0 Å². The zero-order chi connectivity index (χ0) is 16.6. The van der Waals surface area contributed by atoms with Gasteiger partial charge in [0.2, 0.25) is 0 Å². The van der Waals surface area contributed by atoms with Crippen LogP contribution in [0.4, 0.5) is 0 Å². The van der Waals surface area contributed by atoms with E-state index in [1.807, 2.05) is 17.9 Å². The van der Waals surface area contributed by atoms with E-state index in [1.54, 1.807) is 11.8 Å². The molecule has 9 heteroatoms. The molecule has 1 aliphatic heterocycles. The third-order valence-corrected chi connectivity index (χ3v) is 4.18. The Kier molecular flexibility index (Phi) is 4.15. The molecule has 0 saturated carbocycles. The average molecular weight is 320 g/mol. The Morgan fingerprint density at radius 3 is 2.61 bits per heavy atom. The lowest BCUT2D eigenvalue weighted by Gasteiger charge is -2.22. The zero-order valence-electron chi connectivity index (χ0n) is 14.3. The first kappa shape index (κ1) is 16.0. The molecule has 0 N–H and O–H groups in total. The molecule has 1 aliphatic rings. The van der Waals surface area contributed by atoms with Crippen LogP contribution in [0.1, 0.15) is 38.2 Å². The third-order valence-electron chi connectivity index (χ3n) is 4.18. The fourth-order valence-electron chi connectivity index (χ4n) is 3.06. The molecule has 0 aromatic carbocycles. The Morgan fingerprint density at radius 1 is 1.22 bits per heavy atom. The highest BCUT2D eigenvalue weighted by Crippen LogP contribution is 2.29. The summed E-state index contributed by atoms with van der Waals surface area (Å²) in [5, 5.41) is 20.4. The smallest absolute Gasteiger partial charge is 0.165 e. The Hall–Kier alpha value is -1.87. The van der Waals surface area contributed by atoms with Crippen LogP contribution in [0, 0.1) is 0 Å². The van der Waals surface area contributed by atoms with Crippen LogP contribution < -0.4 is 0 Å². The van der Waals surface area contributed by atoms with Gasteiger partial charge in [0.1, 0.15) is 0 Å². The summed E-state index contributed by atoms with van der Waals surface area (Å²) in [7, 11) is 3.62.